The van der Waals surface area contributed by atoms with E-state index >= 15 is 0 Å². The van der Waals surface area contributed by atoms with Crippen molar-refractivity contribution in [1.82, 2.24) is 0 Å². The molecular formula is C17H30OSi. The number of hydrogen-bond donors (Lipinski definition) is 0. The van der Waals surface area contributed by atoms with Gasteiger partial charge in [0.2, 0.25) is 9.04 Å². The van der Waals surface area contributed by atoms with Gasteiger partial charge < -0.3 is 4.43 Å². The van der Waals surface area contributed by atoms with Crippen LogP contribution in [0.4, 0.5) is 0 Å². The summed E-state index contributed by atoms with van der Waals surface area (Å²) < 4.78 is 6.23. The van der Waals surface area contributed by atoms with Crippen LogP contribution in [0, 0.1) is 0 Å². The van der Waals surface area contributed by atoms with E-state index in [-0.39, 0.29) is 0 Å². The van der Waals surface area contributed by atoms with Gasteiger partial charge in [-0.3, -0.25) is 0 Å². The van der Waals surface area contributed by atoms with Gasteiger partial charge in [0, 0.05) is 6.10 Å². The summed E-state index contributed by atoms with van der Waals surface area (Å²) in [5.74, 6) is 0. The summed E-state index contributed by atoms with van der Waals surface area (Å²) in [6, 6.07) is 9.02. The van der Waals surface area contributed by atoms with E-state index in [0.717, 1.165) is 6.42 Å². The van der Waals surface area contributed by atoms with Gasteiger partial charge in [-0.1, -0.05) is 63.8 Å². The van der Waals surface area contributed by atoms with Crippen LogP contribution in [0.15, 0.2) is 24.3 Å². The highest BCUT2D eigenvalue weighted by Gasteiger charge is 2.12. The molecule has 0 bridgehead atoms. The van der Waals surface area contributed by atoms with Gasteiger partial charge in [0.25, 0.3) is 0 Å². The zero-order chi connectivity index (χ0) is 14.1. The van der Waals surface area contributed by atoms with E-state index in [1.807, 2.05) is 0 Å². The molecule has 1 nitrogen and oxygen atoms in total. The van der Waals surface area contributed by atoms with Crippen LogP contribution in [0.2, 0.25) is 6.55 Å². The number of benzene rings is 1. The highest BCUT2D eigenvalue weighted by atomic mass is 28.3. The minimum Gasteiger partial charge on any atom is -0.413 e. The number of hydrogen-bond acceptors (Lipinski definition) is 1. The molecule has 2 heteroatoms. The van der Waals surface area contributed by atoms with Crippen molar-refractivity contribution >= 4 is 14.2 Å². The Hall–Kier alpha value is -0.603. The van der Waals surface area contributed by atoms with Crippen LogP contribution in [-0.4, -0.2) is 15.1 Å². The van der Waals surface area contributed by atoms with E-state index in [2.05, 4.69) is 51.6 Å². The summed E-state index contributed by atoms with van der Waals surface area (Å²) in [5, 5.41) is 1.43. The molecule has 1 rings (SSSR count). The molecule has 0 saturated carbocycles. The fourth-order valence-corrected chi connectivity index (χ4v) is 4.10. The maximum absolute atomic E-state index is 6.23. The summed E-state index contributed by atoms with van der Waals surface area (Å²) in [6.07, 6.45) is 8.08. The fourth-order valence-electron chi connectivity index (χ4n) is 2.38. The lowest BCUT2D eigenvalue weighted by molar-refractivity contribution is 0.212. The van der Waals surface area contributed by atoms with Crippen LogP contribution < -0.4 is 5.19 Å². The molecule has 1 aromatic carbocycles. The van der Waals surface area contributed by atoms with Gasteiger partial charge in [0.1, 0.15) is 0 Å². The minimum absolute atomic E-state index is 0.421. The van der Waals surface area contributed by atoms with Gasteiger partial charge >= 0.3 is 0 Å². The molecule has 0 heterocycles. The molecule has 2 unspecified atom stereocenters. The monoisotopic (exact) mass is 278 g/mol. The Bertz CT molecular complexity index is 334. The molecule has 0 N–H and O–H groups in total. The Kier molecular flexibility index (Phi) is 8.07. The van der Waals surface area contributed by atoms with Crippen molar-refractivity contribution in [3.63, 3.8) is 0 Å². The first-order valence-corrected chi connectivity index (χ1v) is 10.1. The number of rotatable bonds is 9. The predicted octanol–water partition coefficient (Wildman–Crippen LogP) is 4.19. The molecule has 0 aliphatic carbocycles. The lowest BCUT2D eigenvalue weighted by atomic mass is 10.1. The topological polar surface area (TPSA) is 9.23 Å². The van der Waals surface area contributed by atoms with Gasteiger partial charge in [-0.2, -0.15) is 0 Å². The molecule has 0 aliphatic heterocycles. The van der Waals surface area contributed by atoms with Crippen LogP contribution in [0.5, 0.6) is 0 Å². The zero-order valence-electron chi connectivity index (χ0n) is 13.1. The molecule has 0 aliphatic rings. The van der Waals surface area contributed by atoms with Gasteiger partial charge in [0.05, 0.1) is 0 Å². The Morgan fingerprint density at radius 1 is 1.05 bits per heavy atom. The highest BCUT2D eigenvalue weighted by Crippen LogP contribution is 2.09. The van der Waals surface area contributed by atoms with E-state index in [4.69, 9.17) is 4.43 Å². The molecule has 108 valence electrons. The van der Waals surface area contributed by atoms with Crippen molar-refractivity contribution < 1.29 is 4.43 Å². The maximum atomic E-state index is 6.23. The standard InChI is InChI=1S/C17H30OSi/c1-5-7-8-9-10-15(3)18-19(4)17-13-11-16(6-2)12-14-17/h11-15,19H,5-10H2,1-4H3. The summed E-state index contributed by atoms with van der Waals surface area (Å²) in [4.78, 5) is 0. The quantitative estimate of drug-likeness (QED) is 0.486. The lowest BCUT2D eigenvalue weighted by Gasteiger charge is -2.19. The zero-order valence-corrected chi connectivity index (χ0v) is 14.3. The largest absolute Gasteiger partial charge is 0.413 e. The molecule has 0 radical (unpaired) electrons. The van der Waals surface area contributed by atoms with Gasteiger partial charge in [-0.05, 0) is 37.1 Å². The van der Waals surface area contributed by atoms with E-state index in [1.54, 1.807) is 0 Å². The van der Waals surface area contributed by atoms with Crippen LogP contribution in [0.3, 0.4) is 0 Å². The molecule has 0 fully saturated rings. The van der Waals surface area contributed by atoms with Crippen molar-refractivity contribution in [2.45, 2.75) is 71.9 Å². The average Bonchev–Trinajstić information content (AvgIpc) is 2.43. The molecule has 0 amide bonds. The van der Waals surface area contributed by atoms with E-state index in [9.17, 15) is 0 Å². The summed E-state index contributed by atoms with van der Waals surface area (Å²) in [5.41, 5.74) is 1.41. The SMILES string of the molecule is CCCCCCC(C)O[SiH](C)c1ccc(CC)cc1. The first-order chi connectivity index (χ1) is 9.17. The molecule has 0 spiro atoms. The normalized spacial score (nSPS) is 14.3. The molecule has 1 aromatic rings. The summed E-state index contributed by atoms with van der Waals surface area (Å²) in [6.45, 7) is 8.99. The van der Waals surface area contributed by atoms with Gasteiger partial charge in [0.15, 0.2) is 0 Å². The minimum atomic E-state index is -1.21. The third kappa shape index (κ3) is 6.39. The summed E-state index contributed by atoms with van der Waals surface area (Å²) >= 11 is 0. The van der Waals surface area contributed by atoms with Crippen molar-refractivity contribution in [2.75, 3.05) is 0 Å². The smallest absolute Gasteiger partial charge is 0.205 e. The number of unbranched alkanes of at least 4 members (excludes halogenated alkanes) is 3. The number of aryl methyl sites for hydroxylation is 1. The highest BCUT2D eigenvalue weighted by molar-refractivity contribution is 6.66. The average molecular weight is 279 g/mol. The Balaban J connectivity index is 2.33. The molecule has 0 aromatic heterocycles. The van der Waals surface area contributed by atoms with Crippen LogP contribution in [0.1, 0.15) is 58.4 Å². The summed E-state index contributed by atoms with van der Waals surface area (Å²) in [7, 11) is -1.21. The van der Waals surface area contributed by atoms with E-state index < -0.39 is 9.04 Å². The molecule has 19 heavy (non-hydrogen) atoms. The molecule has 2 atom stereocenters. The van der Waals surface area contributed by atoms with Crippen molar-refractivity contribution in [3.05, 3.63) is 29.8 Å². The lowest BCUT2D eigenvalue weighted by Crippen LogP contribution is -2.33. The van der Waals surface area contributed by atoms with Gasteiger partial charge in [-0.15, -0.1) is 0 Å². The Morgan fingerprint density at radius 3 is 2.32 bits per heavy atom. The predicted molar refractivity (Wildman–Crippen MR) is 87.8 cm³/mol. The van der Waals surface area contributed by atoms with Crippen molar-refractivity contribution in [1.29, 1.82) is 0 Å². The third-order valence-electron chi connectivity index (χ3n) is 3.76. The third-order valence-corrected chi connectivity index (χ3v) is 5.95. The van der Waals surface area contributed by atoms with E-state index in [1.165, 1.54) is 42.9 Å². The first kappa shape index (κ1) is 16.5. The van der Waals surface area contributed by atoms with Crippen LogP contribution >= 0.6 is 0 Å². The second-order valence-electron chi connectivity index (χ2n) is 5.53. The first-order valence-electron chi connectivity index (χ1n) is 7.91. The maximum Gasteiger partial charge on any atom is 0.205 e. The van der Waals surface area contributed by atoms with Crippen molar-refractivity contribution in [2.24, 2.45) is 0 Å². The molecular weight excluding hydrogens is 248 g/mol. The Labute approximate surface area is 121 Å². The second-order valence-corrected chi connectivity index (χ2v) is 7.76. The van der Waals surface area contributed by atoms with Crippen LogP contribution in [0.25, 0.3) is 0 Å². The fraction of sp³-hybridized carbons (Fsp3) is 0.647. The molecule has 0 saturated heterocycles. The van der Waals surface area contributed by atoms with Crippen molar-refractivity contribution in [3.8, 4) is 0 Å². The van der Waals surface area contributed by atoms with Crippen LogP contribution in [-0.2, 0) is 10.8 Å². The van der Waals surface area contributed by atoms with Gasteiger partial charge in [-0.25, -0.2) is 0 Å². The van der Waals surface area contributed by atoms with E-state index in [0.29, 0.717) is 6.10 Å². The Morgan fingerprint density at radius 2 is 1.74 bits per heavy atom. The second kappa shape index (κ2) is 9.32.